The van der Waals surface area contributed by atoms with Gasteiger partial charge in [-0.05, 0) is 37.5 Å². The Balaban J connectivity index is 2.33. The second-order valence-electron chi connectivity index (χ2n) is 5.01. The molecule has 0 bridgehead atoms. The van der Waals surface area contributed by atoms with E-state index >= 15 is 0 Å². The van der Waals surface area contributed by atoms with Gasteiger partial charge in [-0.1, -0.05) is 6.07 Å². The van der Waals surface area contributed by atoms with E-state index in [9.17, 15) is 13.2 Å². The zero-order valence-electron chi connectivity index (χ0n) is 11.5. The largest absolute Gasteiger partial charge is 0.379 e. The molecule has 0 aliphatic carbocycles. The Kier molecular flexibility index (Phi) is 4.12. The minimum atomic E-state index is -3.84. The van der Waals surface area contributed by atoms with E-state index in [0.29, 0.717) is 29.9 Å². The maximum absolute atomic E-state index is 12.2. The summed E-state index contributed by atoms with van der Waals surface area (Å²) in [6.45, 7) is 4.53. The Bertz CT molecular complexity index is 634. The average Bonchev–Trinajstić information content (AvgIpc) is 2.79. The van der Waals surface area contributed by atoms with E-state index in [1.807, 2.05) is 0 Å². The van der Waals surface area contributed by atoms with Crippen molar-refractivity contribution in [2.75, 3.05) is 13.2 Å². The Morgan fingerprint density at radius 3 is 2.60 bits per heavy atom. The highest BCUT2D eigenvalue weighted by atomic mass is 32.2. The van der Waals surface area contributed by atoms with Crippen molar-refractivity contribution >= 4 is 15.9 Å². The van der Waals surface area contributed by atoms with Crippen molar-refractivity contribution in [3.05, 3.63) is 28.8 Å². The Labute approximate surface area is 118 Å². The molecular weight excluding hydrogens is 280 g/mol. The molecule has 1 heterocycles. The highest BCUT2D eigenvalue weighted by Crippen LogP contribution is 2.20. The van der Waals surface area contributed by atoms with E-state index in [0.717, 1.165) is 6.42 Å². The van der Waals surface area contributed by atoms with Gasteiger partial charge in [0.25, 0.3) is 5.91 Å². The Morgan fingerprint density at radius 1 is 1.35 bits per heavy atom. The molecule has 6 nitrogen and oxygen atoms in total. The lowest BCUT2D eigenvalue weighted by molar-refractivity contribution is 0.0929. The van der Waals surface area contributed by atoms with Crippen LogP contribution in [0, 0.1) is 13.8 Å². The van der Waals surface area contributed by atoms with Gasteiger partial charge in [-0.3, -0.25) is 4.79 Å². The van der Waals surface area contributed by atoms with Gasteiger partial charge in [0.2, 0.25) is 10.0 Å². The standard InChI is InChI=1S/C13H18N2O4S/c1-8-5-9(2)12(20(14,17)18)6-11(8)13(16)15-10-3-4-19-7-10/h5-6,10H,3-4,7H2,1-2H3,(H,15,16)(H2,14,17,18). The number of benzene rings is 1. The quantitative estimate of drug-likeness (QED) is 0.847. The Hall–Kier alpha value is -1.44. The van der Waals surface area contributed by atoms with E-state index in [-0.39, 0.29) is 16.8 Å². The third-order valence-corrected chi connectivity index (χ3v) is 4.39. The SMILES string of the molecule is Cc1cc(C)c(S(N)(=O)=O)cc1C(=O)NC1CCOC1. The minimum absolute atomic E-state index is 0.0177. The molecule has 7 heteroatoms. The molecule has 0 radical (unpaired) electrons. The second kappa shape index (κ2) is 5.51. The minimum Gasteiger partial charge on any atom is -0.379 e. The molecule has 2 rings (SSSR count). The molecule has 1 aliphatic heterocycles. The summed E-state index contributed by atoms with van der Waals surface area (Å²) < 4.78 is 28.2. The zero-order chi connectivity index (χ0) is 14.9. The molecule has 1 unspecified atom stereocenters. The van der Waals surface area contributed by atoms with Gasteiger partial charge in [0, 0.05) is 12.2 Å². The van der Waals surface area contributed by atoms with E-state index in [1.165, 1.54) is 6.07 Å². The molecule has 0 spiro atoms. The lowest BCUT2D eigenvalue weighted by Crippen LogP contribution is -2.35. The first-order chi connectivity index (χ1) is 9.29. The van der Waals surface area contributed by atoms with Crippen LogP contribution in [0.15, 0.2) is 17.0 Å². The first-order valence-corrected chi connectivity index (χ1v) is 7.86. The maximum Gasteiger partial charge on any atom is 0.251 e. The fourth-order valence-corrected chi connectivity index (χ4v) is 3.08. The average molecular weight is 298 g/mol. The van der Waals surface area contributed by atoms with Crippen molar-refractivity contribution < 1.29 is 17.9 Å². The molecular formula is C13H18N2O4S. The van der Waals surface area contributed by atoms with Crippen LogP contribution in [0.3, 0.4) is 0 Å². The van der Waals surface area contributed by atoms with Crippen LogP contribution in [0.1, 0.15) is 27.9 Å². The molecule has 3 N–H and O–H groups in total. The second-order valence-corrected chi connectivity index (χ2v) is 6.54. The number of hydrogen-bond acceptors (Lipinski definition) is 4. The molecule has 0 aromatic heterocycles. The highest BCUT2D eigenvalue weighted by Gasteiger charge is 2.22. The molecule has 20 heavy (non-hydrogen) atoms. The monoisotopic (exact) mass is 298 g/mol. The normalized spacial score (nSPS) is 19.1. The van der Waals surface area contributed by atoms with Crippen molar-refractivity contribution in [3.8, 4) is 0 Å². The maximum atomic E-state index is 12.2. The molecule has 1 fully saturated rings. The van der Waals surface area contributed by atoms with E-state index < -0.39 is 10.0 Å². The molecule has 1 amide bonds. The van der Waals surface area contributed by atoms with Gasteiger partial charge >= 0.3 is 0 Å². The first kappa shape index (κ1) is 15.0. The lowest BCUT2D eigenvalue weighted by Gasteiger charge is -2.14. The summed E-state index contributed by atoms with van der Waals surface area (Å²) in [5.74, 6) is -0.303. The molecule has 1 aromatic carbocycles. The summed E-state index contributed by atoms with van der Waals surface area (Å²) >= 11 is 0. The van der Waals surface area contributed by atoms with Gasteiger partial charge in [0.1, 0.15) is 0 Å². The summed E-state index contributed by atoms with van der Waals surface area (Å²) in [4.78, 5) is 12.2. The predicted molar refractivity (Wildman–Crippen MR) is 74.0 cm³/mol. The van der Waals surface area contributed by atoms with E-state index in [2.05, 4.69) is 5.32 Å². The number of nitrogens with one attached hydrogen (secondary N) is 1. The van der Waals surface area contributed by atoms with E-state index in [1.54, 1.807) is 19.9 Å². The number of amides is 1. The predicted octanol–water partition coefficient (Wildman–Crippen LogP) is 0.470. The summed E-state index contributed by atoms with van der Waals surface area (Å²) in [5.41, 5.74) is 1.57. The highest BCUT2D eigenvalue weighted by molar-refractivity contribution is 7.89. The van der Waals surface area contributed by atoms with Crippen molar-refractivity contribution in [3.63, 3.8) is 0 Å². The number of primary sulfonamides is 1. The van der Waals surface area contributed by atoms with Gasteiger partial charge in [0.15, 0.2) is 0 Å². The molecule has 110 valence electrons. The number of nitrogens with two attached hydrogens (primary N) is 1. The third-order valence-electron chi connectivity index (χ3n) is 3.34. The van der Waals surface area contributed by atoms with Crippen LogP contribution in [-0.4, -0.2) is 33.6 Å². The van der Waals surface area contributed by atoms with Crippen molar-refractivity contribution in [1.82, 2.24) is 5.32 Å². The van der Waals surface area contributed by atoms with Gasteiger partial charge < -0.3 is 10.1 Å². The molecule has 1 aliphatic rings. The summed E-state index contributed by atoms with van der Waals surface area (Å²) in [7, 11) is -3.84. The summed E-state index contributed by atoms with van der Waals surface area (Å²) in [6.07, 6.45) is 0.763. The van der Waals surface area contributed by atoms with Crippen LogP contribution in [0.4, 0.5) is 0 Å². The number of carbonyl (C=O) groups excluding carboxylic acids is 1. The number of ether oxygens (including phenoxy) is 1. The Morgan fingerprint density at radius 2 is 2.05 bits per heavy atom. The molecule has 0 saturated carbocycles. The van der Waals surface area contributed by atoms with Crippen molar-refractivity contribution in [1.29, 1.82) is 0 Å². The summed E-state index contributed by atoms with van der Waals surface area (Å²) in [5, 5.41) is 8.00. The molecule has 1 saturated heterocycles. The zero-order valence-corrected chi connectivity index (χ0v) is 12.3. The smallest absolute Gasteiger partial charge is 0.251 e. The van der Waals surface area contributed by atoms with Crippen LogP contribution in [0.2, 0.25) is 0 Å². The fraction of sp³-hybridized carbons (Fsp3) is 0.462. The van der Waals surface area contributed by atoms with Crippen LogP contribution in [-0.2, 0) is 14.8 Å². The number of carbonyl (C=O) groups is 1. The number of sulfonamides is 1. The van der Waals surface area contributed by atoms with Crippen molar-refractivity contribution in [2.24, 2.45) is 5.14 Å². The van der Waals surface area contributed by atoms with Gasteiger partial charge in [-0.15, -0.1) is 0 Å². The number of rotatable bonds is 3. The van der Waals surface area contributed by atoms with Crippen LogP contribution >= 0.6 is 0 Å². The molecule has 1 aromatic rings. The third kappa shape index (κ3) is 3.17. The molecule has 1 atom stereocenters. The van der Waals surface area contributed by atoms with Gasteiger partial charge in [-0.25, -0.2) is 13.6 Å². The lowest BCUT2D eigenvalue weighted by atomic mass is 10.0. The summed E-state index contributed by atoms with van der Waals surface area (Å²) in [6, 6.07) is 2.96. The number of aryl methyl sites for hydroxylation is 2. The van der Waals surface area contributed by atoms with Crippen LogP contribution in [0.25, 0.3) is 0 Å². The van der Waals surface area contributed by atoms with Crippen LogP contribution in [0.5, 0.6) is 0 Å². The van der Waals surface area contributed by atoms with Crippen LogP contribution < -0.4 is 10.5 Å². The van der Waals surface area contributed by atoms with Gasteiger partial charge in [-0.2, -0.15) is 0 Å². The van der Waals surface area contributed by atoms with Crippen molar-refractivity contribution in [2.45, 2.75) is 31.2 Å². The van der Waals surface area contributed by atoms with E-state index in [4.69, 9.17) is 9.88 Å². The topological polar surface area (TPSA) is 98.5 Å². The first-order valence-electron chi connectivity index (χ1n) is 6.31. The number of hydrogen-bond donors (Lipinski definition) is 2. The fourth-order valence-electron chi connectivity index (χ4n) is 2.30. The van der Waals surface area contributed by atoms with Gasteiger partial charge in [0.05, 0.1) is 17.5 Å².